The molecule has 0 unspecified atom stereocenters. The van der Waals surface area contributed by atoms with Crippen LogP contribution in [0.4, 0.5) is 21.9 Å². The molecule has 0 aliphatic rings. The van der Waals surface area contributed by atoms with Crippen LogP contribution in [0.3, 0.4) is 0 Å². The van der Waals surface area contributed by atoms with Gasteiger partial charge in [0.15, 0.2) is 0 Å². The molecule has 0 saturated carbocycles. The molecule has 0 atom stereocenters. The lowest BCUT2D eigenvalue weighted by Gasteiger charge is -2.10. The number of nitrogens with two attached hydrogens (primary N) is 1. The van der Waals surface area contributed by atoms with Crippen LogP contribution in [-0.4, -0.2) is 44.9 Å². The largest absolute Gasteiger partial charge is 0.351 e. The number of primary amides is 1. The second-order valence-corrected chi connectivity index (χ2v) is 10.7. The Balaban J connectivity index is 2.35. The first kappa shape index (κ1) is 25.1. The molecular weight excluding hydrogens is 516 g/mol. The first-order valence-electron chi connectivity index (χ1n) is 8.60. The van der Waals surface area contributed by atoms with Crippen LogP contribution in [0.25, 0.3) is 10.8 Å². The van der Waals surface area contributed by atoms with Crippen molar-refractivity contribution < 1.29 is 43.7 Å². The summed E-state index contributed by atoms with van der Waals surface area (Å²) in [5.74, 6) is 0. The van der Waals surface area contributed by atoms with Gasteiger partial charge in [-0.25, -0.2) is 4.79 Å². The van der Waals surface area contributed by atoms with Crippen LogP contribution in [0.1, 0.15) is 0 Å². The van der Waals surface area contributed by atoms with Gasteiger partial charge in [0.1, 0.15) is 21.2 Å². The Hall–Kier alpha value is -3.48. The maximum atomic E-state index is 11.9. The summed E-state index contributed by atoms with van der Waals surface area (Å²) < 4.78 is 99.0. The normalized spacial score (nSPS) is 12.8. The monoisotopic (exact) mass is 529 g/mol. The van der Waals surface area contributed by atoms with E-state index < -0.39 is 67.5 Å². The van der Waals surface area contributed by atoms with Gasteiger partial charge in [0, 0.05) is 5.39 Å². The molecular formula is C17H13N4O10S3. The summed E-state index contributed by atoms with van der Waals surface area (Å²) in [5, 5.41) is 8.88. The summed E-state index contributed by atoms with van der Waals surface area (Å²) in [6.07, 6.45) is 0. The van der Waals surface area contributed by atoms with E-state index in [1.807, 2.05) is 0 Å². The Morgan fingerprint density at radius 1 is 0.853 bits per heavy atom. The number of anilines is 1. The van der Waals surface area contributed by atoms with E-state index in [0.717, 1.165) is 12.1 Å². The molecule has 0 aromatic heterocycles. The Morgan fingerprint density at radius 2 is 1.47 bits per heavy atom. The van der Waals surface area contributed by atoms with E-state index in [9.17, 15) is 43.7 Å². The molecule has 3 aromatic rings. The number of benzene rings is 3. The standard InChI is InChI=1S/C17H13N4O10S3/c18-17(22)19-12-3-1-2-4-13(12)20-21-14-8-11-9(6-16(14)34(29,30)31)5-10(32(23,24)25)7-15(11)33(26,27)28/h2-8H,(H3,18,19,22)(H,23,24,25)(H,26,27,28)(H,29,30,31). The summed E-state index contributed by atoms with van der Waals surface area (Å²) >= 11 is 0. The van der Waals surface area contributed by atoms with Gasteiger partial charge in [-0.1, -0.05) is 6.07 Å². The molecule has 0 aliphatic heterocycles. The van der Waals surface area contributed by atoms with Crippen LogP contribution in [0.2, 0.25) is 0 Å². The fourth-order valence-electron chi connectivity index (χ4n) is 2.82. The number of hydrogen-bond donors (Lipinski definition) is 5. The average Bonchev–Trinajstić information content (AvgIpc) is 2.69. The molecule has 17 heteroatoms. The molecule has 6 N–H and O–H groups in total. The Kier molecular flexibility index (Phi) is 6.44. The second kappa shape index (κ2) is 8.70. The van der Waals surface area contributed by atoms with Crippen molar-refractivity contribution >= 4 is 64.2 Å². The van der Waals surface area contributed by atoms with Crippen molar-refractivity contribution in [3.05, 3.63) is 48.5 Å². The number of nitrogens with one attached hydrogen (secondary N) is 1. The van der Waals surface area contributed by atoms with E-state index in [1.54, 1.807) is 0 Å². The molecule has 0 bridgehead atoms. The first-order chi connectivity index (χ1) is 15.6. The Bertz CT molecular complexity index is 1680. The lowest BCUT2D eigenvalue weighted by Crippen LogP contribution is -2.19. The molecule has 0 fully saturated rings. The zero-order valence-electron chi connectivity index (χ0n) is 16.4. The first-order valence-corrected chi connectivity index (χ1v) is 12.9. The van der Waals surface area contributed by atoms with Crippen molar-refractivity contribution in [1.29, 1.82) is 0 Å². The molecule has 0 saturated heterocycles. The molecule has 1 radical (unpaired) electrons. The summed E-state index contributed by atoms with van der Waals surface area (Å²) in [4.78, 5) is 8.25. The minimum atomic E-state index is -5.09. The highest BCUT2D eigenvalue weighted by molar-refractivity contribution is 7.87. The second-order valence-electron chi connectivity index (χ2n) is 6.52. The van der Waals surface area contributed by atoms with Crippen LogP contribution >= 0.6 is 0 Å². The maximum absolute atomic E-state index is 11.9. The van der Waals surface area contributed by atoms with Crippen molar-refractivity contribution in [2.45, 2.75) is 14.7 Å². The number of hydrogen-bond acceptors (Lipinski definition) is 9. The molecule has 34 heavy (non-hydrogen) atoms. The third-order valence-electron chi connectivity index (χ3n) is 4.19. The number of nitrogens with zero attached hydrogens (tertiary/aromatic N) is 2. The van der Waals surface area contributed by atoms with E-state index in [4.69, 9.17) is 5.73 Å². The summed E-state index contributed by atoms with van der Waals surface area (Å²) in [7, 11) is -15.1. The van der Waals surface area contributed by atoms with E-state index >= 15 is 0 Å². The predicted octanol–water partition coefficient (Wildman–Crippen LogP) is 2.29. The predicted molar refractivity (Wildman–Crippen MR) is 116 cm³/mol. The number of rotatable bonds is 6. The van der Waals surface area contributed by atoms with Gasteiger partial charge in [-0.15, -0.1) is 10.2 Å². The number of fused-ring (bicyclic) bond motifs is 1. The quantitative estimate of drug-likeness (QED) is 0.230. The zero-order valence-corrected chi connectivity index (χ0v) is 18.9. The molecule has 0 aliphatic carbocycles. The molecule has 0 spiro atoms. The van der Waals surface area contributed by atoms with Crippen molar-refractivity contribution in [3.63, 3.8) is 0 Å². The number of azo groups is 1. The van der Waals surface area contributed by atoms with E-state index in [2.05, 4.69) is 21.6 Å². The summed E-state index contributed by atoms with van der Waals surface area (Å²) in [6, 6.07) is 8.28. The fraction of sp³-hybridized carbons (Fsp3) is 0. The van der Waals surface area contributed by atoms with Crippen molar-refractivity contribution in [2.24, 2.45) is 16.0 Å². The molecule has 179 valence electrons. The fourth-order valence-corrected chi connectivity index (χ4v) is 4.80. The molecule has 0 heterocycles. The Labute approximate surface area is 192 Å². The third kappa shape index (κ3) is 5.53. The number of urea groups is 1. The van der Waals surface area contributed by atoms with Gasteiger partial charge in [0.2, 0.25) is 0 Å². The van der Waals surface area contributed by atoms with Crippen LogP contribution < -0.4 is 11.1 Å². The topological polar surface area (TPSA) is 243 Å². The highest BCUT2D eigenvalue weighted by Gasteiger charge is 2.24. The maximum Gasteiger partial charge on any atom is 0.316 e. The van der Waals surface area contributed by atoms with Gasteiger partial charge in [0.25, 0.3) is 30.4 Å². The smallest absolute Gasteiger partial charge is 0.316 e. The molecule has 3 aromatic carbocycles. The molecule has 14 nitrogen and oxygen atoms in total. The SMILES string of the molecule is NC(=O)Nc1c[c]ccc1N=Nc1cc2c(S(=O)(=O)O)cc(S(=O)(=O)O)cc2cc1S(=O)(=O)O. The number of carbonyl (C=O) groups excluding carboxylic acids is 1. The lowest BCUT2D eigenvalue weighted by atomic mass is 10.1. The number of carbonyl (C=O) groups is 1. The minimum Gasteiger partial charge on any atom is -0.351 e. The van der Waals surface area contributed by atoms with Gasteiger partial charge < -0.3 is 11.1 Å². The Morgan fingerprint density at radius 3 is 2.03 bits per heavy atom. The minimum absolute atomic E-state index is 0.0318. The van der Waals surface area contributed by atoms with Crippen molar-refractivity contribution in [3.8, 4) is 0 Å². The van der Waals surface area contributed by atoms with Gasteiger partial charge in [-0.05, 0) is 47.9 Å². The van der Waals surface area contributed by atoms with Gasteiger partial charge in [0.05, 0.1) is 10.6 Å². The van der Waals surface area contributed by atoms with Crippen LogP contribution in [0, 0.1) is 6.07 Å². The highest BCUT2D eigenvalue weighted by atomic mass is 32.2. The van der Waals surface area contributed by atoms with Crippen LogP contribution in [0.5, 0.6) is 0 Å². The van der Waals surface area contributed by atoms with Crippen molar-refractivity contribution in [1.82, 2.24) is 0 Å². The summed E-state index contributed by atoms with van der Waals surface area (Å²) in [5.41, 5.74) is 4.44. The highest BCUT2D eigenvalue weighted by Crippen LogP contribution is 2.36. The van der Waals surface area contributed by atoms with E-state index in [0.29, 0.717) is 12.1 Å². The average molecular weight is 530 g/mol. The van der Waals surface area contributed by atoms with Crippen LogP contribution in [-0.2, 0) is 30.4 Å². The lowest BCUT2D eigenvalue weighted by molar-refractivity contribution is 0.259. The van der Waals surface area contributed by atoms with E-state index in [-0.39, 0.29) is 11.4 Å². The molecule has 2 amide bonds. The van der Waals surface area contributed by atoms with Gasteiger partial charge in [-0.3, -0.25) is 13.7 Å². The van der Waals surface area contributed by atoms with Crippen LogP contribution in [0.15, 0.2) is 67.4 Å². The van der Waals surface area contributed by atoms with Gasteiger partial charge in [-0.2, -0.15) is 25.3 Å². The molecule has 3 rings (SSSR count). The third-order valence-corrected chi connectivity index (χ3v) is 6.79. The summed E-state index contributed by atoms with van der Waals surface area (Å²) in [6.45, 7) is 0. The zero-order chi connectivity index (χ0) is 25.5. The van der Waals surface area contributed by atoms with Gasteiger partial charge >= 0.3 is 6.03 Å². The van der Waals surface area contributed by atoms with E-state index in [1.165, 1.54) is 18.2 Å². The van der Waals surface area contributed by atoms with Crippen molar-refractivity contribution in [2.75, 3.05) is 5.32 Å². The number of amides is 2.